The summed E-state index contributed by atoms with van der Waals surface area (Å²) < 4.78 is 50.0. The summed E-state index contributed by atoms with van der Waals surface area (Å²) in [5, 5.41) is 0. The Bertz CT molecular complexity index is 1100. The minimum Gasteiger partial charge on any atom is -0.496 e. The second-order valence-electron chi connectivity index (χ2n) is 8.19. The van der Waals surface area contributed by atoms with Gasteiger partial charge in [-0.3, -0.25) is 4.79 Å². The van der Waals surface area contributed by atoms with Crippen molar-refractivity contribution in [1.82, 2.24) is 9.62 Å². The minimum atomic E-state index is -3.92. The lowest BCUT2D eigenvalue weighted by molar-refractivity contribution is 0.0693. The first kappa shape index (κ1) is 25.6. The van der Waals surface area contributed by atoms with Crippen LogP contribution in [0.3, 0.4) is 0 Å². The molecule has 9 nitrogen and oxygen atoms in total. The van der Waals surface area contributed by atoms with Crippen molar-refractivity contribution in [2.45, 2.75) is 31.2 Å². The molecule has 2 aromatic rings. The summed E-state index contributed by atoms with van der Waals surface area (Å²) in [5.74, 6) is 1.94. The molecule has 1 amide bonds. The van der Waals surface area contributed by atoms with Crippen molar-refractivity contribution in [3.63, 3.8) is 0 Å². The van der Waals surface area contributed by atoms with E-state index < -0.39 is 10.0 Å². The van der Waals surface area contributed by atoms with Gasteiger partial charge in [-0.05, 0) is 54.7 Å². The number of carbonyl (C=O) groups excluding carboxylic acids is 1. The zero-order chi connectivity index (χ0) is 24.9. The number of methoxy groups -OCH3 is 4. The first-order valence-corrected chi connectivity index (χ1v) is 12.5. The van der Waals surface area contributed by atoms with E-state index in [0.717, 1.165) is 12.8 Å². The third kappa shape index (κ3) is 5.56. The van der Waals surface area contributed by atoms with E-state index in [0.29, 0.717) is 47.6 Å². The fourth-order valence-electron chi connectivity index (χ4n) is 3.90. The standard InChI is InChI=1S/C24H32N2O7S/c1-16-8-10-26(11-9-16)24(27)19-14-18(6-7-20(19)30-2)34(28,29)25-15-17-12-21(31-3)23(33-5)22(13-17)32-4/h6-7,12-14,16,25H,8-11,15H2,1-5H3. The zero-order valence-electron chi connectivity index (χ0n) is 20.2. The van der Waals surface area contributed by atoms with Crippen molar-refractivity contribution < 1.29 is 32.2 Å². The van der Waals surface area contributed by atoms with Gasteiger partial charge in [-0.1, -0.05) is 6.92 Å². The molecule has 1 N–H and O–H groups in total. The lowest BCUT2D eigenvalue weighted by Gasteiger charge is -2.30. The van der Waals surface area contributed by atoms with Crippen LogP contribution in [-0.4, -0.2) is 60.8 Å². The van der Waals surface area contributed by atoms with Gasteiger partial charge in [-0.25, -0.2) is 13.1 Å². The molecule has 0 spiro atoms. The highest BCUT2D eigenvalue weighted by atomic mass is 32.2. The van der Waals surface area contributed by atoms with Crippen molar-refractivity contribution >= 4 is 15.9 Å². The number of sulfonamides is 1. The Balaban J connectivity index is 1.84. The molecule has 0 atom stereocenters. The number of nitrogens with zero attached hydrogens (tertiary/aromatic N) is 1. The molecular weight excluding hydrogens is 460 g/mol. The molecule has 186 valence electrons. The number of amides is 1. The Morgan fingerprint density at radius 1 is 0.941 bits per heavy atom. The Morgan fingerprint density at radius 2 is 1.53 bits per heavy atom. The zero-order valence-corrected chi connectivity index (χ0v) is 21.0. The topological polar surface area (TPSA) is 103 Å². The predicted octanol–water partition coefficient (Wildman–Crippen LogP) is 3.07. The van der Waals surface area contributed by atoms with Crippen LogP contribution < -0.4 is 23.7 Å². The van der Waals surface area contributed by atoms with E-state index in [-0.39, 0.29) is 22.9 Å². The van der Waals surface area contributed by atoms with Gasteiger partial charge in [0.1, 0.15) is 5.75 Å². The molecule has 0 aromatic heterocycles. The van der Waals surface area contributed by atoms with E-state index in [1.807, 2.05) is 0 Å². The maximum Gasteiger partial charge on any atom is 0.257 e. The summed E-state index contributed by atoms with van der Waals surface area (Å²) in [7, 11) is 2.01. The van der Waals surface area contributed by atoms with Gasteiger partial charge in [0.25, 0.3) is 5.91 Å². The first-order chi connectivity index (χ1) is 16.2. The highest BCUT2D eigenvalue weighted by Crippen LogP contribution is 2.38. The van der Waals surface area contributed by atoms with E-state index >= 15 is 0 Å². The predicted molar refractivity (Wildman–Crippen MR) is 127 cm³/mol. The summed E-state index contributed by atoms with van der Waals surface area (Å²) in [4.78, 5) is 14.9. The number of hydrogen-bond acceptors (Lipinski definition) is 7. The largest absolute Gasteiger partial charge is 0.496 e. The summed E-state index contributed by atoms with van der Waals surface area (Å²) in [6.45, 7) is 3.42. The third-order valence-corrected chi connectivity index (χ3v) is 7.37. The molecule has 34 heavy (non-hydrogen) atoms. The normalized spacial score (nSPS) is 14.6. The van der Waals surface area contributed by atoms with E-state index in [1.165, 1.54) is 46.6 Å². The average Bonchev–Trinajstić information content (AvgIpc) is 2.86. The van der Waals surface area contributed by atoms with E-state index in [1.54, 1.807) is 17.0 Å². The Morgan fingerprint density at radius 3 is 2.06 bits per heavy atom. The quantitative estimate of drug-likeness (QED) is 0.574. The van der Waals surface area contributed by atoms with Crippen LogP contribution in [0.4, 0.5) is 0 Å². The van der Waals surface area contributed by atoms with Crippen LogP contribution in [0.25, 0.3) is 0 Å². The highest BCUT2D eigenvalue weighted by molar-refractivity contribution is 7.89. The average molecular weight is 493 g/mol. The van der Waals surface area contributed by atoms with Crippen LogP contribution in [0.2, 0.25) is 0 Å². The molecule has 1 saturated heterocycles. The number of nitrogens with one attached hydrogen (secondary N) is 1. The fourth-order valence-corrected chi connectivity index (χ4v) is 4.95. The molecule has 3 rings (SSSR count). The van der Waals surface area contributed by atoms with Crippen molar-refractivity contribution in [3.8, 4) is 23.0 Å². The number of hydrogen-bond donors (Lipinski definition) is 1. The van der Waals surface area contributed by atoms with Crippen LogP contribution >= 0.6 is 0 Å². The number of rotatable bonds is 9. The van der Waals surface area contributed by atoms with Crippen molar-refractivity contribution in [2.75, 3.05) is 41.5 Å². The number of carbonyl (C=O) groups is 1. The van der Waals surface area contributed by atoms with Gasteiger partial charge in [0, 0.05) is 19.6 Å². The summed E-state index contributed by atoms with van der Waals surface area (Å²) in [6.07, 6.45) is 1.84. The second kappa shape index (κ2) is 11.0. The second-order valence-corrected chi connectivity index (χ2v) is 9.96. The minimum absolute atomic E-state index is 0.0155. The molecule has 0 aliphatic carbocycles. The summed E-state index contributed by atoms with van der Waals surface area (Å²) >= 11 is 0. The molecule has 1 aliphatic rings. The van der Waals surface area contributed by atoms with Gasteiger partial charge in [0.05, 0.1) is 38.9 Å². The molecule has 10 heteroatoms. The van der Waals surface area contributed by atoms with Gasteiger partial charge in [0.15, 0.2) is 11.5 Å². The van der Waals surface area contributed by atoms with Gasteiger partial charge in [-0.15, -0.1) is 0 Å². The molecule has 0 unspecified atom stereocenters. The monoisotopic (exact) mass is 492 g/mol. The molecular formula is C24H32N2O7S. The van der Waals surface area contributed by atoms with Crippen LogP contribution in [0.1, 0.15) is 35.7 Å². The highest BCUT2D eigenvalue weighted by Gasteiger charge is 2.26. The lowest BCUT2D eigenvalue weighted by Crippen LogP contribution is -2.38. The SMILES string of the molecule is COc1ccc(S(=O)(=O)NCc2cc(OC)c(OC)c(OC)c2)cc1C(=O)N1CCC(C)CC1. The maximum absolute atomic E-state index is 13.1. The van der Waals surface area contributed by atoms with E-state index in [4.69, 9.17) is 18.9 Å². The molecule has 0 saturated carbocycles. The molecule has 1 heterocycles. The van der Waals surface area contributed by atoms with Crippen molar-refractivity contribution in [2.24, 2.45) is 5.92 Å². The number of likely N-dealkylation sites (tertiary alicyclic amines) is 1. The van der Waals surface area contributed by atoms with E-state index in [2.05, 4.69) is 11.6 Å². The van der Waals surface area contributed by atoms with Crippen molar-refractivity contribution in [3.05, 3.63) is 41.5 Å². The Hall–Kier alpha value is -2.98. The van der Waals surface area contributed by atoms with Crippen LogP contribution in [0.15, 0.2) is 35.2 Å². The molecule has 0 radical (unpaired) electrons. The van der Waals surface area contributed by atoms with Gasteiger partial charge < -0.3 is 23.8 Å². The molecule has 1 aliphatic heterocycles. The molecule has 1 fully saturated rings. The number of ether oxygens (including phenoxy) is 4. The lowest BCUT2D eigenvalue weighted by atomic mass is 9.98. The number of benzene rings is 2. The van der Waals surface area contributed by atoms with Gasteiger partial charge >= 0.3 is 0 Å². The Labute approximate surface area is 201 Å². The molecule has 2 aromatic carbocycles. The third-order valence-electron chi connectivity index (χ3n) is 5.97. The smallest absolute Gasteiger partial charge is 0.257 e. The van der Waals surface area contributed by atoms with Gasteiger partial charge in [0.2, 0.25) is 15.8 Å². The maximum atomic E-state index is 13.1. The van der Waals surface area contributed by atoms with E-state index in [9.17, 15) is 13.2 Å². The Kier molecular flexibility index (Phi) is 8.27. The first-order valence-electron chi connectivity index (χ1n) is 11.0. The van der Waals surface area contributed by atoms with Crippen LogP contribution in [0, 0.1) is 5.92 Å². The van der Waals surface area contributed by atoms with Gasteiger partial charge in [-0.2, -0.15) is 0 Å². The summed E-state index contributed by atoms with van der Waals surface area (Å²) in [6, 6.07) is 7.64. The van der Waals surface area contributed by atoms with Crippen LogP contribution in [-0.2, 0) is 16.6 Å². The fraction of sp³-hybridized carbons (Fsp3) is 0.458. The molecule has 0 bridgehead atoms. The number of piperidine rings is 1. The van der Waals surface area contributed by atoms with Crippen LogP contribution in [0.5, 0.6) is 23.0 Å². The van der Waals surface area contributed by atoms with Crippen molar-refractivity contribution in [1.29, 1.82) is 0 Å². The summed E-state index contributed by atoms with van der Waals surface area (Å²) in [5.41, 5.74) is 0.845.